The molecule has 0 radical (unpaired) electrons. The second kappa shape index (κ2) is 6.12. The van der Waals surface area contributed by atoms with E-state index in [0.29, 0.717) is 13.2 Å². The maximum absolute atomic E-state index is 12.9. The van der Waals surface area contributed by atoms with Crippen LogP contribution in [0.2, 0.25) is 0 Å². The molecule has 0 spiro atoms. The van der Waals surface area contributed by atoms with Crippen LogP contribution in [0.1, 0.15) is 11.1 Å². The maximum atomic E-state index is 12.9. The van der Waals surface area contributed by atoms with Crippen LogP contribution >= 0.6 is 0 Å². The van der Waals surface area contributed by atoms with Crippen molar-refractivity contribution in [1.29, 1.82) is 5.26 Å². The lowest BCUT2D eigenvalue weighted by molar-refractivity contribution is 0.124. The molecule has 0 aromatic heterocycles. The molecule has 0 saturated carbocycles. The van der Waals surface area contributed by atoms with Crippen molar-refractivity contribution >= 4 is 0 Å². The Morgan fingerprint density at radius 2 is 2.33 bits per heavy atom. The summed E-state index contributed by atoms with van der Waals surface area (Å²) in [5, 5.41) is 11.6. The Morgan fingerprint density at radius 3 is 3.00 bits per heavy atom. The van der Waals surface area contributed by atoms with Gasteiger partial charge in [-0.2, -0.15) is 5.26 Å². The van der Waals surface area contributed by atoms with Gasteiger partial charge in [0.25, 0.3) is 0 Å². The predicted octanol–water partition coefficient (Wildman–Crippen LogP) is 1.43. The minimum absolute atomic E-state index is 0.0599. The molecule has 0 atom stereocenters. The Balaban J connectivity index is 2.52. The van der Waals surface area contributed by atoms with Crippen LogP contribution in [-0.2, 0) is 11.3 Å². The van der Waals surface area contributed by atoms with Crippen LogP contribution in [0.15, 0.2) is 18.2 Å². The normalized spacial score (nSPS) is 9.93. The fourth-order valence-electron chi connectivity index (χ4n) is 1.11. The molecule has 0 saturated heterocycles. The number of rotatable bonds is 5. The number of hydrogen-bond donors (Lipinski definition) is 1. The number of nitrogens with zero attached hydrogens (tertiary/aromatic N) is 1. The van der Waals surface area contributed by atoms with Crippen LogP contribution in [0.4, 0.5) is 4.39 Å². The number of nitriles is 1. The van der Waals surface area contributed by atoms with Gasteiger partial charge in [0.2, 0.25) is 0 Å². The van der Waals surface area contributed by atoms with Crippen molar-refractivity contribution in [2.45, 2.75) is 6.61 Å². The first kappa shape index (κ1) is 11.6. The summed E-state index contributed by atoms with van der Waals surface area (Å²) in [5.41, 5.74) is 0.869. The lowest BCUT2D eigenvalue weighted by Gasteiger charge is -2.04. The second-order valence-electron chi connectivity index (χ2n) is 3.08. The van der Waals surface area contributed by atoms with Crippen molar-refractivity contribution < 1.29 is 9.13 Å². The van der Waals surface area contributed by atoms with E-state index in [9.17, 15) is 4.39 Å². The molecule has 0 aliphatic heterocycles. The summed E-state index contributed by atoms with van der Waals surface area (Å²) in [5.74, 6) is -0.489. The zero-order chi connectivity index (χ0) is 11.1. The van der Waals surface area contributed by atoms with Gasteiger partial charge >= 0.3 is 0 Å². The van der Waals surface area contributed by atoms with Crippen molar-refractivity contribution in [3.63, 3.8) is 0 Å². The standard InChI is InChI=1S/C11H13FN2O/c1-14-4-5-15-8-9-2-3-11(12)10(6-9)7-13/h2-3,6,14H,4-5,8H2,1H3. The fourth-order valence-corrected chi connectivity index (χ4v) is 1.11. The minimum atomic E-state index is -0.489. The molecule has 0 amide bonds. The van der Waals surface area contributed by atoms with Gasteiger partial charge in [0.05, 0.1) is 18.8 Å². The van der Waals surface area contributed by atoms with Crippen LogP contribution in [0.5, 0.6) is 0 Å². The molecule has 4 heteroatoms. The number of halogens is 1. The van der Waals surface area contributed by atoms with Crippen LogP contribution in [-0.4, -0.2) is 20.2 Å². The topological polar surface area (TPSA) is 45.0 Å². The zero-order valence-corrected chi connectivity index (χ0v) is 8.59. The smallest absolute Gasteiger partial charge is 0.140 e. The van der Waals surface area contributed by atoms with Gasteiger partial charge < -0.3 is 10.1 Å². The third-order valence-electron chi connectivity index (χ3n) is 1.92. The highest BCUT2D eigenvalue weighted by Crippen LogP contribution is 2.10. The average molecular weight is 208 g/mol. The van der Waals surface area contributed by atoms with E-state index in [-0.39, 0.29) is 5.56 Å². The summed E-state index contributed by atoms with van der Waals surface area (Å²) in [4.78, 5) is 0. The number of likely N-dealkylation sites (N-methyl/N-ethyl adjacent to an activating group) is 1. The lowest BCUT2D eigenvalue weighted by atomic mass is 10.1. The first-order chi connectivity index (χ1) is 7.27. The van der Waals surface area contributed by atoms with E-state index in [1.54, 1.807) is 12.1 Å². The van der Waals surface area contributed by atoms with Gasteiger partial charge in [0, 0.05) is 6.54 Å². The molecule has 1 aromatic rings. The average Bonchev–Trinajstić information content (AvgIpc) is 2.26. The Bertz CT molecular complexity index is 360. The molecule has 1 N–H and O–H groups in total. The third-order valence-corrected chi connectivity index (χ3v) is 1.92. The number of hydrogen-bond acceptors (Lipinski definition) is 3. The number of ether oxygens (including phenoxy) is 1. The summed E-state index contributed by atoms with van der Waals surface area (Å²) < 4.78 is 18.2. The first-order valence-corrected chi connectivity index (χ1v) is 4.69. The fraction of sp³-hybridized carbons (Fsp3) is 0.364. The van der Waals surface area contributed by atoms with Crippen molar-refractivity contribution in [3.8, 4) is 6.07 Å². The lowest BCUT2D eigenvalue weighted by Crippen LogP contribution is -2.14. The van der Waals surface area contributed by atoms with Crippen molar-refractivity contribution in [2.75, 3.05) is 20.2 Å². The molecule has 0 aliphatic rings. The molecular formula is C11H13FN2O. The quantitative estimate of drug-likeness (QED) is 0.744. The minimum Gasteiger partial charge on any atom is -0.375 e. The van der Waals surface area contributed by atoms with Crippen LogP contribution < -0.4 is 5.32 Å². The molecule has 0 bridgehead atoms. The summed E-state index contributed by atoms with van der Waals surface area (Å²) in [6, 6.07) is 6.21. The highest BCUT2D eigenvalue weighted by atomic mass is 19.1. The van der Waals surface area contributed by atoms with E-state index < -0.39 is 5.82 Å². The Kier molecular flexibility index (Phi) is 4.75. The van der Waals surface area contributed by atoms with E-state index in [2.05, 4.69) is 5.32 Å². The van der Waals surface area contributed by atoms with E-state index in [4.69, 9.17) is 10.00 Å². The largest absolute Gasteiger partial charge is 0.375 e. The van der Waals surface area contributed by atoms with Crippen molar-refractivity contribution in [2.24, 2.45) is 0 Å². The van der Waals surface area contributed by atoms with Gasteiger partial charge in [-0.25, -0.2) is 4.39 Å². The van der Waals surface area contributed by atoms with E-state index in [1.165, 1.54) is 12.1 Å². The first-order valence-electron chi connectivity index (χ1n) is 4.69. The maximum Gasteiger partial charge on any atom is 0.140 e. The van der Waals surface area contributed by atoms with Gasteiger partial charge in [-0.1, -0.05) is 6.07 Å². The van der Waals surface area contributed by atoms with Gasteiger partial charge in [-0.15, -0.1) is 0 Å². The highest BCUT2D eigenvalue weighted by Gasteiger charge is 2.02. The predicted molar refractivity (Wildman–Crippen MR) is 54.7 cm³/mol. The van der Waals surface area contributed by atoms with Crippen LogP contribution in [0, 0.1) is 17.1 Å². The molecule has 1 aromatic carbocycles. The van der Waals surface area contributed by atoms with E-state index >= 15 is 0 Å². The zero-order valence-electron chi connectivity index (χ0n) is 8.59. The Hall–Kier alpha value is -1.44. The monoisotopic (exact) mass is 208 g/mol. The summed E-state index contributed by atoms with van der Waals surface area (Å²) in [6.45, 7) is 1.76. The Morgan fingerprint density at radius 1 is 1.53 bits per heavy atom. The SMILES string of the molecule is CNCCOCc1ccc(F)c(C#N)c1. The molecule has 3 nitrogen and oxygen atoms in total. The number of benzene rings is 1. The third kappa shape index (κ3) is 3.66. The molecule has 0 fully saturated rings. The Labute approximate surface area is 88.5 Å². The van der Waals surface area contributed by atoms with Crippen LogP contribution in [0.25, 0.3) is 0 Å². The summed E-state index contributed by atoms with van der Waals surface area (Å²) >= 11 is 0. The van der Waals surface area contributed by atoms with E-state index in [0.717, 1.165) is 12.1 Å². The molecular weight excluding hydrogens is 195 g/mol. The molecule has 1 rings (SSSR count). The molecule has 0 heterocycles. The molecule has 0 aliphatic carbocycles. The summed E-state index contributed by atoms with van der Waals surface area (Å²) in [7, 11) is 1.84. The van der Waals surface area contributed by atoms with Gasteiger partial charge in [0.15, 0.2) is 0 Å². The van der Waals surface area contributed by atoms with Gasteiger partial charge in [-0.3, -0.25) is 0 Å². The molecule has 0 unspecified atom stereocenters. The van der Waals surface area contributed by atoms with Gasteiger partial charge in [-0.05, 0) is 24.7 Å². The second-order valence-corrected chi connectivity index (χ2v) is 3.08. The highest BCUT2D eigenvalue weighted by molar-refractivity contribution is 5.34. The summed E-state index contributed by atoms with van der Waals surface area (Å²) in [6.07, 6.45) is 0. The van der Waals surface area contributed by atoms with Crippen molar-refractivity contribution in [3.05, 3.63) is 35.1 Å². The van der Waals surface area contributed by atoms with Crippen molar-refractivity contribution in [1.82, 2.24) is 5.32 Å². The molecule has 80 valence electrons. The van der Waals surface area contributed by atoms with E-state index in [1.807, 2.05) is 7.05 Å². The van der Waals surface area contributed by atoms with Crippen LogP contribution in [0.3, 0.4) is 0 Å². The van der Waals surface area contributed by atoms with Gasteiger partial charge in [0.1, 0.15) is 11.9 Å². The molecule has 15 heavy (non-hydrogen) atoms. The number of nitrogens with one attached hydrogen (secondary N) is 1.